The Hall–Kier alpha value is -6.19. The van der Waals surface area contributed by atoms with Gasteiger partial charge in [0.05, 0.1) is 0 Å². The second kappa shape index (κ2) is 14.4. The van der Waals surface area contributed by atoms with Crippen LogP contribution >= 0.6 is 14.3 Å². The van der Waals surface area contributed by atoms with Crippen LogP contribution in [0.15, 0.2) is 168 Å². The number of para-hydroxylation sites is 1. The summed E-state index contributed by atoms with van der Waals surface area (Å²) in [7, 11) is -5.08. The van der Waals surface area contributed by atoms with Crippen molar-refractivity contribution in [3.8, 4) is 67.5 Å². The van der Waals surface area contributed by atoms with Crippen molar-refractivity contribution >= 4 is 46.8 Å². The first-order valence-electron chi connectivity index (χ1n) is 18.8. The van der Waals surface area contributed by atoms with Crippen LogP contribution in [0.4, 0.5) is 0 Å². The summed E-state index contributed by atoms with van der Waals surface area (Å²) >= 11 is 0. The highest BCUT2D eigenvalue weighted by molar-refractivity contribution is 7.70. The van der Waals surface area contributed by atoms with Crippen LogP contribution in [0.25, 0.3) is 89.5 Å². The van der Waals surface area contributed by atoms with Gasteiger partial charge in [-0.05, 0) is 115 Å². The van der Waals surface area contributed by atoms with Gasteiger partial charge in [0.1, 0.15) is 25.4 Å². The smallest absolute Gasteiger partial charge is 0.164 e. The lowest BCUT2D eigenvalue weighted by Crippen LogP contribution is -2.04. The molecule has 278 valence electrons. The molecule has 0 aliphatic carbocycles. The van der Waals surface area contributed by atoms with Gasteiger partial charge in [0.2, 0.25) is 0 Å². The van der Waals surface area contributed by atoms with E-state index in [-0.39, 0.29) is 0 Å². The molecule has 57 heavy (non-hydrogen) atoms. The highest BCUT2D eigenvalue weighted by Crippen LogP contribution is 2.40. The topological polar surface area (TPSA) is 86.0 Å². The molecule has 2 aromatic heterocycles. The number of aromatic nitrogens is 3. The van der Waals surface area contributed by atoms with E-state index in [4.69, 9.17) is 19.4 Å². The van der Waals surface area contributed by atoms with Crippen molar-refractivity contribution in [2.45, 2.75) is 0 Å². The van der Waals surface area contributed by atoms with Gasteiger partial charge in [-0.15, -0.1) is 0 Å². The fourth-order valence-electron chi connectivity index (χ4n) is 7.23. The molecule has 0 N–H and O–H groups in total. The second-order valence-corrected chi connectivity index (χ2v) is 21.6. The van der Waals surface area contributed by atoms with Crippen molar-refractivity contribution in [1.29, 1.82) is 0 Å². The van der Waals surface area contributed by atoms with Crippen LogP contribution in [0, 0.1) is 0 Å². The van der Waals surface area contributed by atoms with Crippen LogP contribution in [-0.4, -0.2) is 41.6 Å². The molecule has 9 aromatic rings. The fourth-order valence-corrected chi connectivity index (χ4v) is 9.02. The molecule has 9 rings (SSSR count). The number of nitrogens with zero attached hydrogens (tertiary/aromatic N) is 3. The molecule has 8 heteroatoms. The summed E-state index contributed by atoms with van der Waals surface area (Å²) in [5, 5.41) is 3.68. The summed E-state index contributed by atoms with van der Waals surface area (Å²) in [5.41, 5.74) is 9.82. The molecule has 0 spiro atoms. The minimum atomic E-state index is -2.54. The minimum Gasteiger partial charge on any atom is -0.456 e. The largest absolute Gasteiger partial charge is 0.456 e. The molecule has 7 aromatic carbocycles. The van der Waals surface area contributed by atoms with E-state index in [1.54, 1.807) is 26.7 Å². The number of benzene rings is 7. The molecule has 0 atom stereocenters. The van der Waals surface area contributed by atoms with Crippen LogP contribution < -0.4 is 10.6 Å². The molecule has 0 fully saturated rings. The monoisotopic (exact) mass is 779 g/mol. The third-order valence-corrected chi connectivity index (χ3v) is 13.3. The standard InChI is InChI=1S/C49H39N3O3P2/c1-56(2,53)41-19-11-16-34(29-41)38-26-39(35-17-12-20-42(30-35)57(3,4)54)28-40(27-38)49-51-47(36-18-10-15-33(25-36)32-13-6-5-7-14-32)50-48(52-49)37-23-24-44-43-21-8-9-22-45(43)55-46(44)31-37/h5-31H,1-4H3. The quantitative estimate of drug-likeness (QED) is 0.143. The number of fused-ring (bicyclic) bond motifs is 3. The lowest BCUT2D eigenvalue weighted by atomic mass is 9.95. The van der Waals surface area contributed by atoms with Gasteiger partial charge in [-0.3, -0.25) is 0 Å². The van der Waals surface area contributed by atoms with Crippen molar-refractivity contribution in [3.05, 3.63) is 164 Å². The van der Waals surface area contributed by atoms with Crippen molar-refractivity contribution in [2.24, 2.45) is 0 Å². The number of furan rings is 1. The van der Waals surface area contributed by atoms with Crippen LogP contribution in [0.1, 0.15) is 0 Å². The number of hydrogen-bond donors (Lipinski definition) is 0. The molecule has 0 unspecified atom stereocenters. The average molecular weight is 780 g/mol. The Bertz CT molecular complexity index is 3000. The SMILES string of the molecule is CP(C)(=O)c1cccc(-c2cc(-c3cccc(P(C)(C)=O)c3)cc(-c3nc(-c4cccc(-c5ccccc5)c4)nc(-c4ccc5c(c4)oc4ccccc45)n3)c2)c1. The summed E-state index contributed by atoms with van der Waals surface area (Å²) < 4.78 is 32.8. The lowest BCUT2D eigenvalue weighted by molar-refractivity contribution is 0.587. The zero-order chi connectivity index (χ0) is 39.3. The molecule has 0 saturated heterocycles. The Labute approximate surface area is 332 Å². The van der Waals surface area contributed by atoms with Gasteiger partial charge in [0.15, 0.2) is 17.5 Å². The number of hydrogen-bond acceptors (Lipinski definition) is 6. The molecular formula is C49H39N3O3P2. The Morgan fingerprint density at radius 1 is 0.351 bits per heavy atom. The van der Waals surface area contributed by atoms with E-state index in [9.17, 15) is 9.13 Å². The maximum Gasteiger partial charge on any atom is 0.164 e. The van der Waals surface area contributed by atoms with Crippen molar-refractivity contribution in [1.82, 2.24) is 15.0 Å². The predicted octanol–water partition coefficient (Wildman–Crippen LogP) is 12.3. The Kier molecular flexibility index (Phi) is 9.20. The van der Waals surface area contributed by atoms with Crippen LogP contribution in [0.5, 0.6) is 0 Å². The van der Waals surface area contributed by atoms with E-state index in [1.165, 1.54) is 0 Å². The molecule has 0 aliphatic heterocycles. The fraction of sp³-hybridized carbons (Fsp3) is 0.0816. The van der Waals surface area contributed by atoms with E-state index in [0.717, 1.165) is 82.6 Å². The first-order chi connectivity index (χ1) is 27.5. The average Bonchev–Trinajstić information content (AvgIpc) is 3.61. The van der Waals surface area contributed by atoms with Crippen LogP contribution in [0.2, 0.25) is 0 Å². The Morgan fingerprint density at radius 2 is 0.789 bits per heavy atom. The van der Waals surface area contributed by atoms with Crippen molar-refractivity contribution < 1.29 is 13.5 Å². The van der Waals surface area contributed by atoms with Crippen molar-refractivity contribution in [3.63, 3.8) is 0 Å². The first kappa shape index (κ1) is 36.4. The maximum atomic E-state index is 13.2. The maximum absolute atomic E-state index is 13.2. The summed E-state index contributed by atoms with van der Waals surface area (Å²) in [4.78, 5) is 15.5. The second-order valence-electron chi connectivity index (χ2n) is 15.2. The van der Waals surface area contributed by atoms with Gasteiger partial charge in [0.25, 0.3) is 0 Å². The zero-order valence-corrected chi connectivity index (χ0v) is 33.8. The van der Waals surface area contributed by atoms with Gasteiger partial charge < -0.3 is 13.5 Å². The third kappa shape index (κ3) is 7.43. The highest BCUT2D eigenvalue weighted by atomic mass is 31.2. The highest BCUT2D eigenvalue weighted by Gasteiger charge is 2.19. The minimum absolute atomic E-state index is 0.494. The molecule has 2 heterocycles. The number of rotatable bonds is 8. The van der Waals surface area contributed by atoms with Crippen molar-refractivity contribution in [2.75, 3.05) is 26.7 Å². The van der Waals surface area contributed by atoms with E-state index in [1.807, 2.05) is 109 Å². The van der Waals surface area contributed by atoms with Crippen LogP contribution in [-0.2, 0) is 9.13 Å². The molecule has 6 nitrogen and oxygen atoms in total. The zero-order valence-electron chi connectivity index (χ0n) is 32.0. The molecule has 0 radical (unpaired) electrons. The molecular weight excluding hydrogens is 741 g/mol. The van der Waals surface area contributed by atoms with E-state index >= 15 is 0 Å². The van der Waals surface area contributed by atoms with Gasteiger partial charge in [-0.1, -0.05) is 109 Å². The lowest BCUT2D eigenvalue weighted by Gasteiger charge is -2.15. The van der Waals surface area contributed by atoms with Gasteiger partial charge in [-0.2, -0.15) is 0 Å². The third-order valence-electron chi connectivity index (χ3n) is 10.3. The molecule has 0 saturated carbocycles. The Balaban J connectivity index is 1.27. The Morgan fingerprint density at radius 3 is 1.40 bits per heavy atom. The predicted molar refractivity (Wildman–Crippen MR) is 238 cm³/mol. The van der Waals surface area contributed by atoms with Crippen LogP contribution in [0.3, 0.4) is 0 Å². The van der Waals surface area contributed by atoms with E-state index in [0.29, 0.717) is 17.5 Å². The van der Waals surface area contributed by atoms with E-state index in [2.05, 4.69) is 54.6 Å². The summed E-state index contributed by atoms with van der Waals surface area (Å²) in [6, 6.07) is 54.8. The normalized spacial score (nSPS) is 12.0. The molecule has 0 bridgehead atoms. The van der Waals surface area contributed by atoms with Gasteiger partial charge in [-0.25, -0.2) is 15.0 Å². The molecule has 0 amide bonds. The summed E-state index contributed by atoms with van der Waals surface area (Å²) in [6.45, 7) is 7.15. The van der Waals surface area contributed by atoms with Gasteiger partial charge >= 0.3 is 0 Å². The summed E-state index contributed by atoms with van der Waals surface area (Å²) in [5.74, 6) is 1.53. The molecule has 0 aliphatic rings. The van der Waals surface area contributed by atoms with Gasteiger partial charge in [0, 0.05) is 38.1 Å². The first-order valence-corrected chi connectivity index (χ1v) is 24.0. The van der Waals surface area contributed by atoms with E-state index < -0.39 is 14.3 Å². The summed E-state index contributed by atoms with van der Waals surface area (Å²) in [6.07, 6.45) is 0.